The molecular formula is C11H18NO2P. The van der Waals surface area contributed by atoms with E-state index in [0.29, 0.717) is 12.0 Å². The van der Waals surface area contributed by atoms with E-state index < -0.39 is 0 Å². The molecule has 2 aliphatic heterocycles. The molecule has 0 spiro atoms. The van der Waals surface area contributed by atoms with Crippen LogP contribution in [0.5, 0.6) is 0 Å². The summed E-state index contributed by atoms with van der Waals surface area (Å²) in [6.07, 6.45) is -0.00935. The van der Waals surface area contributed by atoms with E-state index >= 15 is 0 Å². The highest BCUT2D eigenvalue weighted by Gasteiger charge is 2.56. The minimum Gasteiger partial charge on any atom is -0.362 e. The zero-order chi connectivity index (χ0) is 11.3. The standard InChI is InChI=1S/C11H18NO2P/c1-5-6(2)10-9(8(4)14-15)11(13)12(10)7(5)3/h6,8-10H,15H2,1-4H3. The van der Waals surface area contributed by atoms with Crippen molar-refractivity contribution in [3.63, 3.8) is 0 Å². The Labute approximate surface area is 93.1 Å². The molecule has 3 nitrogen and oxygen atoms in total. The maximum absolute atomic E-state index is 11.9. The third kappa shape index (κ3) is 1.29. The molecule has 0 N–H and O–H groups in total. The van der Waals surface area contributed by atoms with Crippen LogP contribution in [0.4, 0.5) is 0 Å². The quantitative estimate of drug-likeness (QED) is 0.533. The van der Waals surface area contributed by atoms with Gasteiger partial charge in [0.25, 0.3) is 0 Å². The Balaban J connectivity index is 2.24. The topological polar surface area (TPSA) is 29.5 Å². The lowest BCUT2D eigenvalue weighted by molar-refractivity contribution is -0.158. The second kappa shape index (κ2) is 3.57. The van der Waals surface area contributed by atoms with E-state index in [1.165, 1.54) is 5.57 Å². The van der Waals surface area contributed by atoms with Gasteiger partial charge in [-0.1, -0.05) is 6.92 Å². The Morgan fingerprint density at radius 2 is 2.07 bits per heavy atom. The number of rotatable bonds is 2. The third-order valence-corrected chi connectivity index (χ3v) is 4.47. The first-order valence-corrected chi connectivity index (χ1v) is 5.83. The molecule has 0 radical (unpaired) electrons. The van der Waals surface area contributed by atoms with Crippen LogP contribution in [0.15, 0.2) is 11.3 Å². The first-order chi connectivity index (χ1) is 7.00. The summed E-state index contributed by atoms with van der Waals surface area (Å²) in [5, 5.41) is 0. The molecule has 0 aromatic rings. The molecule has 1 amide bonds. The number of nitrogens with zero attached hydrogens (tertiary/aromatic N) is 1. The molecule has 2 heterocycles. The van der Waals surface area contributed by atoms with Crippen molar-refractivity contribution in [2.45, 2.75) is 39.8 Å². The fourth-order valence-electron chi connectivity index (χ4n) is 2.79. The molecule has 2 rings (SSSR count). The van der Waals surface area contributed by atoms with E-state index in [4.69, 9.17) is 4.52 Å². The van der Waals surface area contributed by atoms with Crippen molar-refractivity contribution in [1.29, 1.82) is 0 Å². The van der Waals surface area contributed by atoms with Gasteiger partial charge in [0.15, 0.2) is 0 Å². The zero-order valence-corrected chi connectivity index (χ0v) is 10.8. The van der Waals surface area contributed by atoms with E-state index in [9.17, 15) is 4.79 Å². The number of hydrogen-bond donors (Lipinski definition) is 0. The Morgan fingerprint density at radius 3 is 2.60 bits per heavy atom. The van der Waals surface area contributed by atoms with Gasteiger partial charge >= 0.3 is 0 Å². The molecule has 5 unspecified atom stereocenters. The molecule has 0 aliphatic carbocycles. The highest BCUT2D eigenvalue weighted by molar-refractivity contribution is 7.09. The monoisotopic (exact) mass is 227 g/mol. The molecule has 0 bridgehead atoms. The van der Waals surface area contributed by atoms with Gasteiger partial charge in [0.1, 0.15) is 0 Å². The van der Waals surface area contributed by atoms with Gasteiger partial charge in [0.05, 0.1) is 18.1 Å². The summed E-state index contributed by atoms with van der Waals surface area (Å²) >= 11 is 0. The number of fused-ring (bicyclic) bond motifs is 1. The number of carbonyl (C=O) groups excluding carboxylic acids is 1. The fraction of sp³-hybridized carbons (Fsp3) is 0.727. The Morgan fingerprint density at radius 1 is 1.47 bits per heavy atom. The summed E-state index contributed by atoms with van der Waals surface area (Å²) in [4.78, 5) is 13.9. The molecule has 4 heteroatoms. The number of amides is 1. The van der Waals surface area contributed by atoms with E-state index in [1.807, 2.05) is 18.7 Å². The SMILES string of the molecule is CC1=C(C)N2C(=O)C(C(C)OP)C2C1C. The highest BCUT2D eigenvalue weighted by Crippen LogP contribution is 2.47. The first-order valence-electron chi connectivity index (χ1n) is 5.36. The number of hydrogen-bond acceptors (Lipinski definition) is 2. The minimum atomic E-state index is -0.00935. The van der Waals surface area contributed by atoms with E-state index in [1.54, 1.807) is 0 Å². The maximum Gasteiger partial charge on any atom is 0.234 e. The summed E-state index contributed by atoms with van der Waals surface area (Å²) in [7, 11) is 2.25. The van der Waals surface area contributed by atoms with Gasteiger partial charge < -0.3 is 9.42 Å². The summed E-state index contributed by atoms with van der Waals surface area (Å²) in [6, 6.07) is 0.327. The van der Waals surface area contributed by atoms with Gasteiger partial charge in [-0.2, -0.15) is 0 Å². The van der Waals surface area contributed by atoms with E-state index in [-0.39, 0.29) is 17.9 Å². The predicted octanol–water partition coefficient (Wildman–Crippen LogP) is 1.95. The van der Waals surface area contributed by atoms with Crippen LogP contribution < -0.4 is 0 Å². The maximum atomic E-state index is 11.9. The molecule has 0 saturated carbocycles. The molecule has 84 valence electrons. The second-order valence-corrected chi connectivity index (χ2v) is 4.90. The van der Waals surface area contributed by atoms with Crippen LogP contribution >= 0.6 is 9.47 Å². The largest absolute Gasteiger partial charge is 0.362 e. The highest BCUT2D eigenvalue weighted by atomic mass is 31.0. The summed E-state index contributed by atoms with van der Waals surface area (Å²) in [5.41, 5.74) is 2.48. The van der Waals surface area contributed by atoms with Crippen molar-refractivity contribution in [3.8, 4) is 0 Å². The van der Waals surface area contributed by atoms with Crippen LogP contribution in [-0.4, -0.2) is 23.0 Å². The van der Waals surface area contributed by atoms with Crippen LogP contribution in [0.2, 0.25) is 0 Å². The predicted molar refractivity (Wildman–Crippen MR) is 61.9 cm³/mol. The fourth-order valence-corrected chi connectivity index (χ4v) is 2.96. The minimum absolute atomic E-state index is 0.00935. The molecular weight excluding hydrogens is 209 g/mol. The van der Waals surface area contributed by atoms with Crippen LogP contribution in [0.1, 0.15) is 27.7 Å². The van der Waals surface area contributed by atoms with E-state index in [2.05, 4.69) is 23.3 Å². The number of carbonyl (C=O) groups is 1. The third-order valence-electron chi connectivity index (χ3n) is 4.04. The lowest BCUT2D eigenvalue weighted by atomic mass is 9.78. The van der Waals surface area contributed by atoms with Crippen molar-refractivity contribution >= 4 is 15.4 Å². The average molecular weight is 227 g/mol. The van der Waals surface area contributed by atoms with Gasteiger partial charge in [-0.3, -0.25) is 4.79 Å². The number of allylic oxidation sites excluding steroid dienone is 1. The summed E-state index contributed by atoms with van der Waals surface area (Å²) in [5.74, 6) is 0.719. The first kappa shape index (κ1) is 11.1. The summed E-state index contributed by atoms with van der Waals surface area (Å²) in [6.45, 7) is 8.31. The van der Waals surface area contributed by atoms with Gasteiger partial charge in [-0.15, -0.1) is 0 Å². The molecule has 5 atom stereocenters. The zero-order valence-electron chi connectivity index (χ0n) is 9.65. The molecule has 1 fully saturated rings. The van der Waals surface area contributed by atoms with Crippen molar-refractivity contribution in [3.05, 3.63) is 11.3 Å². The Hall–Kier alpha value is -0.400. The van der Waals surface area contributed by atoms with Crippen molar-refractivity contribution < 1.29 is 9.32 Å². The van der Waals surface area contributed by atoms with Crippen molar-refractivity contribution in [2.24, 2.45) is 11.8 Å². The normalized spacial score (nSPS) is 36.7. The second-order valence-electron chi connectivity index (χ2n) is 4.62. The molecule has 1 saturated heterocycles. The smallest absolute Gasteiger partial charge is 0.234 e. The van der Waals surface area contributed by atoms with Gasteiger partial charge in [-0.05, 0) is 26.3 Å². The van der Waals surface area contributed by atoms with Crippen LogP contribution in [0.25, 0.3) is 0 Å². The van der Waals surface area contributed by atoms with Gasteiger partial charge in [0, 0.05) is 21.1 Å². The Kier molecular flexibility index (Phi) is 2.64. The molecule has 0 aromatic heterocycles. The van der Waals surface area contributed by atoms with Crippen LogP contribution in [0, 0.1) is 11.8 Å². The average Bonchev–Trinajstić information content (AvgIpc) is 2.39. The lowest BCUT2D eigenvalue weighted by Gasteiger charge is -2.47. The molecule has 15 heavy (non-hydrogen) atoms. The summed E-state index contributed by atoms with van der Waals surface area (Å²) < 4.78 is 5.20. The Bertz CT molecular complexity index is 339. The van der Waals surface area contributed by atoms with Crippen LogP contribution in [-0.2, 0) is 9.32 Å². The molecule has 0 aromatic carbocycles. The van der Waals surface area contributed by atoms with Crippen LogP contribution in [0.3, 0.4) is 0 Å². The van der Waals surface area contributed by atoms with Crippen molar-refractivity contribution in [1.82, 2.24) is 4.90 Å². The van der Waals surface area contributed by atoms with Gasteiger partial charge in [-0.25, -0.2) is 0 Å². The molecule has 2 aliphatic rings. The van der Waals surface area contributed by atoms with Crippen molar-refractivity contribution in [2.75, 3.05) is 0 Å². The van der Waals surface area contributed by atoms with Gasteiger partial charge in [0.2, 0.25) is 5.91 Å². The lowest BCUT2D eigenvalue weighted by Crippen LogP contribution is -2.62. The van der Waals surface area contributed by atoms with E-state index in [0.717, 1.165) is 5.70 Å². The number of β-lactam (4-membered cyclic amide) rings is 1.